The number of amides is 2. The molecule has 0 radical (unpaired) electrons. The molecule has 0 saturated carbocycles. The molecule has 0 aliphatic carbocycles. The van der Waals surface area contributed by atoms with E-state index in [1.165, 1.54) is 23.1 Å². The number of benzene rings is 3. The summed E-state index contributed by atoms with van der Waals surface area (Å²) in [5.41, 5.74) is 2.50. The SMILES string of the molecule is Cc1ccc(NS(=O)(=O)c2cc(C(=O)N3CC(=O)Nc4ccccc43)ccc2Cl)cc1. The number of nitrogens with zero attached hydrogens (tertiary/aromatic N) is 1. The van der Waals surface area contributed by atoms with Gasteiger partial charge in [-0.2, -0.15) is 0 Å². The van der Waals surface area contributed by atoms with Crippen molar-refractivity contribution in [2.45, 2.75) is 11.8 Å². The topological polar surface area (TPSA) is 95.6 Å². The predicted molar refractivity (Wildman–Crippen MR) is 120 cm³/mol. The van der Waals surface area contributed by atoms with Crippen LogP contribution in [0.4, 0.5) is 17.1 Å². The molecule has 1 aliphatic heterocycles. The third kappa shape index (κ3) is 4.26. The van der Waals surface area contributed by atoms with Crippen molar-refractivity contribution < 1.29 is 18.0 Å². The lowest BCUT2D eigenvalue weighted by molar-refractivity contribution is -0.115. The highest BCUT2D eigenvalue weighted by Crippen LogP contribution is 2.31. The number of carbonyl (C=O) groups is 2. The Labute approximate surface area is 184 Å². The van der Waals surface area contributed by atoms with E-state index < -0.39 is 15.9 Å². The molecule has 158 valence electrons. The monoisotopic (exact) mass is 455 g/mol. The first-order valence-corrected chi connectivity index (χ1v) is 11.2. The summed E-state index contributed by atoms with van der Waals surface area (Å²) in [5.74, 6) is -0.847. The van der Waals surface area contributed by atoms with E-state index in [9.17, 15) is 18.0 Å². The average molecular weight is 456 g/mol. The van der Waals surface area contributed by atoms with Crippen LogP contribution < -0.4 is 14.9 Å². The van der Waals surface area contributed by atoms with Crippen molar-refractivity contribution in [3.8, 4) is 0 Å². The van der Waals surface area contributed by atoms with Gasteiger partial charge in [0.15, 0.2) is 0 Å². The molecule has 0 unspecified atom stereocenters. The lowest BCUT2D eigenvalue weighted by Crippen LogP contribution is -2.42. The van der Waals surface area contributed by atoms with Gasteiger partial charge in [-0.15, -0.1) is 0 Å². The number of anilines is 3. The van der Waals surface area contributed by atoms with Crippen molar-refractivity contribution in [3.63, 3.8) is 0 Å². The summed E-state index contributed by atoms with van der Waals surface area (Å²) < 4.78 is 28.3. The van der Waals surface area contributed by atoms with Gasteiger partial charge in [-0.05, 0) is 49.4 Å². The Morgan fingerprint density at radius 2 is 1.77 bits per heavy atom. The van der Waals surface area contributed by atoms with Crippen LogP contribution in [-0.2, 0) is 14.8 Å². The standard InChI is InChI=1S/C22H18ClN3O4S/c1-14-6-9-16(10-7-14)25-31(29,30)20-12-15(8-11-17(20)23)22(28)26-13-21(27)24-18-4-2-3-5-19(18)26/h2-12,25H,13H2,1H3,(H,24,27). The molecule has 0 aromatic heterocycles. The minimum absolute atomic E-state index is 0.0204. The molecule has 0 spiro atoms. The number of sulfonamides is 1. The zero-order chi connectivity index (χ0) is 22.2. The van der Waals surface area contributed by atoms with Crippen LogP contribution in [0.3, 0.4) is 0 Å². The molecular formula is C22H18ClN3O4S. The third-order valence-electron chi connectivity index (χ3n) is 4.79. The normalized spacial score (nSPS) is 13.4. The molecule has 9 heteroatoms. The summed E-state index contributed by atoms with van der Waals surface area (Å²) in [5, 5.41) is 2.69. The molecule has 1 heterocycles. The molecular weight excluding hydrogens is 438 g/mol. The molecule has 2 N–H and O–H groups in total. The smallest absolute Gasteiger partial charge is 0.263 e. The number of rotatable bonds is 4. The maximum absolute atomic E-state index is 13.2. The molecule has 1 aliphatic rings. The Hall–Kier alpha value is -3.36. The van der Waals surface area contributed by atoms with E-state index >= 15 is 0 Å². The summed E-state index contributed by atoms with van der Waals surface area (Å²) in [6, 6.07) is 17.7. The van der Waals surface area contributed by atoms with Crippen molar-refractivity contribution in [1.82, 2.24) is 0 Å². The number of para-hydroxylation sites is 2. The molecule has 2 amide bonds. The minimum Gasteiger partial charge on any atom is -0.323 e. The number of nitrogens with one attached hydrogen (secondary N) is 2. The average Bonchev–Trinajstić information content (AvgIpc) is 2.74. The van der Waals surface area contributed by atoms with Crippen LogP contribution in [0, 0.1) is 6.92 Å². The summed E-state index contributed by atoms with van der Waals surface area (Å²) in [4.78, 5) is 26.3. The quantitative estimate of drug-likeness (QED) is 0.620. The van der Waals surface area contributed by atoms with E-state index in [1.54, 1.807) is 48.5 Å². The van der Waals surface area contributed by atoms with Crippen LogP contribution in [0.5, 0.6) is 0 Å². The number of carbonyl (C=O) groups excluding carboxylic acids is 2. The first kappa shape index (κ1) is 20.9. The van der Waals surface area contributed by atoms with Gasteiger partial charge in [-0.3, -0.25) is 19.2 Å². The van der Waals surface area contributed by atoms with E-state index in [0.717, 1.165) is 5.56 Å². The predicted octanol–water partition coefficient (Wildman–Crippen LogP) is 4.05. The van der Waals surface area contributed by atoms with E-state index in [0.29, 0.717) is 17.1 Å². The van der Waals surface area contributed by atoms with Gasteiger partial charge in [-0.1, -0.05) is 41.4 Å². The highest BCUT2D eigenvalue weighted by molar-refractivity contribution is 7.92. The number of aryl methyl sites for hydroxylation is 1. The molecule has 31 heavy (non-hydrogen) atoms. The van der Waals surface area contributed by atoms with E-state index in [1.807, 2.05) is 6.92 Å². The van der Waals surface area contributed by atoms with Gasteiger partial charge in [0.1, 0.15) is 11.4 Å². The highest BCUT2D eigenvalue weighted by atomic mass is 35.5. The van der Waals surface area contributed by atoms with Crippen LogP contribution in [0.15, 0.2) is 71.6 Å². The number of fused-ring (bicyclic) bond motifs is 1. The van der Waals surface area contributed by atoms with Gasteiger partial charge >= 0.3 is 0 Å². The molecule has 4 rings (SSSR count). The number of halogens is 1. The molecule has 7 nitrogen and oxygen atoms in total. The van der Waals surface area contributed by atoms with E-state index in [-0.39, 0.29) is 27.9 Å². The van der Waals surface area contributed by atoms with Gasteiger partial charge in [0.05, 0.1) is 16.4 Å². The highest BCUT2D eigenvalue weighted by Gasteiger charge is 2.29. The lowest BCUT2D eigenvalue weighted by Gasteiger charge is -2.29. The summed E-state index contributed by atoms with van der Waals surface area (Å²) in [6.07, 6.45) is 0. The van der Waals surface area contributed by atoms with Gasteiger partial charge in [0, 0.05) is 11.3 Å². The zero-order valence-corrected chi connectivity index (χ0v) is 18.0. The molecule has 0 bridgehead atoms. The number of hydrogen-bond acceptors (Lipinski definition) is 4. The van der Waals surface area contributed by atoms with Crippen molar-refractivity contribution >= 4 is 50.5 Å². The fourth-order valence-electron chi connectivity index (χ4n) is 3.24. The molecule has 3 aromatic rings. The van der Waals surface area contributed by atoms with E-state index in [2.05, 4.69) is 10.0 Å². The van der Waals surface area contributed by atoms with Gasteiger partial charge in [0.25, 0.3) is 15.9 Å². The Kier molecular flexibility index (Phi) is 5.43. The largest absolute Gasteiger partial charge is 0.323 e. The van der Waals surface area contributed by atoms with E-state index in [4.69, 9.17) is 11.6 Å². The summed E-state index contributed by atoms with van der Waals surface area (Å²) in [6.45, 7) is 1.71. The first-order chi connectivity index (χ1) is 14.7. The first-order valence-electron chi connectivity index (χ1n) is 9.34. The Bertz CT molecular complexity index is 1290. The van der Waals surface area contributed by atoms with Crippen LogP contribution in [0.25, 0.3) is 0 Å². The lowest BCUT2D eigenvalue weighted by atomic mass is 10.1. The van der Waals surface area contributed by atoms with Crippen LogP contribution >= 0.6 is 11.6 Å². The fourth-order valence-corrected chi connectivity index (χ4v) is 4.83. The maximum atomic E-state index is 13.2. The second-order valence-corrected chi connectivity index (χ2v) is 9.13. The zero-order valence-electron chi connectivity index (χ0n) is 16.4. The Morgan fingerprint density at radius 1 is 1.06 bits per heavy atom. The third-order valence-corrected chi connectivity index (χ3v) is 6.65. The van der Waals surface area contributed by atoms with Gasteiger partial charge < -0.3 is 5.32 Å². The van der Waals surface area contributed by atoms with Crippen molar-refractivity contribution in [2.24, 2.45) is 0 Å². The van der Waals surface area contributed by atoms with Gasteiger partial charge in [0.2, 0.25) is 5.91 Å². The second-order valence-electron chi connectivity index (χ2n) is 7.07. The van der Waals surface area contributed by atoms with Crippen LogP contribution in [0.1, 0.15) is 15.9 Å². The Balaban J connectivity index is 1.69. The maximum Gasteiger partial charge on any atom is 0.263 e. The van der Waals surface area contributed by atoms with Crippen LogP contribution in [0.2, 0.25) is 5.02 Å². The molecule has 0 atom stereocenters. The number of hydrogen-bond donors (Lipinski definition) is 2. The molecule has 3 aromatic carbocycles. The second kappa shape index (κ2) is 8.05. The fraction of sp³-hybridized carbons (Fsp3) is 0.0909. The summed E-state index contributed by atoms with van der Waals surface area (Å²) in [7, 11) is -4.05. The Morgan fingerprint density at radius 3 is 2.52 bits per heavy atom. The van der Waals surface area contributed by atoms with Crippen molar-refractivity contribution in [1.29, 1.82) is 0 Å². The van der Waals surface area contributed by atoms with Crippen molar-refractivity contribution in [3.05, 3.63) is 82.9 Å². The molecule has 0 saturated heterocycles. The minimum atomic E-state index is -4.05. The van der Waals surface area contributed by atoms with Gasteiger partial charge in [-0.25, -0.2) is 8.42 Å². The molecule has 0 fully saturated rings. The van der Waals surface area contributed by atoms with Crippen molar-refractivity contribution in [2.75, 3.05) is 21.5 Å². The van der Waals surface area contributed by atoms with Crippen LogP contribution in [-0.4, -0.2) is 26.8 Å². The summed E-state index contributed by atoms with van der Waals surface area (Å²) >= 11 is 6.16.